The second-order valence-corrected chi connectivity index (χ2v) is 9.96. The van der Waals surface area contributed by atoms with Crippen molar-refractivity contribution in [1.29, 1.82) is 0 Å². The lowest BCUT2D eigenvalue weighted by molar-refractivity contribution is -0.242. The van der Waals surface area contributed by atoms with Crippen molar-refractivity contribution in [2.45, 2.75) is 63.0 Å². The van der Waals surface area contributed by atoms with E-state index in [-0.39, 0.29) is 12.1 Å². The number of hydrogen-bond acceptors (Lipinski definition) is 8. The normalized spacial score (nSPS) is 42.2. The number of methoxy groups -OCH3 is 2. The third-order valence-electron chi connectivity index (χ3n) is 8.79. The van der Waals surface area contributed by atoms with Gasteiger partial charge < -0.3 is 24.2 Å². The molecular formula is C25H32N2O7. The number of esters is 2. The first kappa shape index (κ1) is 23.3. The van der Waals surface area contributed by atoms with Crippen LogP contribution < -0.4 is 0 Å². The van der Waals surface area contributed by atoms with Crippen molar-refractivity contribution in [3.05, 3.63) is 35.6 Å². The van der Waals surface area contributed by atoms with Gasteiger partial charge in [0.2, 0.25) is 12.0 Å². The van der Waals surface area contributed by atoms with E-state index in [2.05, 4.69) is 11.0 Å². The number of hydrogen-bond donors (Lipinski definition) is 1. The van der Waals surface area contributed by atoms with Crippen molar-refractivity contribution in [3.8, 4) is 0 Å². The van der Waals surface area contributed by atoms with Crippen LogP contribution in [0.3, 0.4) is 0 Å². The summed E-state index contributed by atoms with van der Waals surface area (Å²) >= 11 is 0. The molecule has 7 atom stereocenters. The van der Waals surface area contributed by atoms with Gasteiger partial charge >= 0.3 is 11.9 Å². The quantitative estimate of drug-likeness (QED) is 0.358. The van der Waals surface area contributed by atoms with E-state index in [0.717, 1.165) is 12.1 Å². The van der Waals surface area contributed by atoms with Crippen molar-refractivity contribution in [2.24, 2.45) is 10.8 Å². The highest BCUT2D eigenvalue weighted by molar-refractivity contribution is 5.85. The lowest BCUT2D eigenvalue weighted by Crippen LogP contribution is -2.79. The number of carbonyl (C=O) groups is 3. The summed E-state index contributed by atoms with van der Waals surface area (Å²) in [5, 5.41) is 12.4. The smallest absolute Gasteiger partial charge is 0.344 e. The van der Waals surface area contributed by atoms with Gasteiger partial charge in [-0.05, 0) is 37.5 Å². The SMILES string of the molecule is CC[C@]12C=CCN3CC[C@@]4(C5=CCC(OC)C=C5N(C=O)C4[C@@](O)(C(=O)OC)[C@@H]1OC(C)=O)C32. The van der Waals surface area contributed by atoms with Crippen LogP contribution in [0.15, 0.2) is 35.6 Å². The van der Waals surface area contributed by atoms with Crippen LogP contribution in [0.4, 0.5) is 0 Å². The van der Waals surface area contributed by atoms with Crippen LogP contribution in [-0.2, 0) is 28.6 Å². The lowest BCUT2D eigenvalue weighted by Gasteiger charge is -2.63. The number of rotatable bonds is 5. The largest absolute Gasteiger partial charge is 0.467 e. The van der Waals surface area contributed by atoms with Crippen LogP contribution >= 0.6 is 0 Å². The second kappa shape index (κ2) is 7.76. The molecule has 2 saturated heterocycles. The molecule has 0 radical (unpaired) electrons. The molecule has 3 fully saturated rings. The Morgan fingerprint density at radius 1 is 1.29 bits per heavy atom. The number of allylic oxidation sites excluding steroid dienone is 1. The van der Waals surface area contributed by atoms with Crippen LogP contribution in [-0.4, -0.2) is 90.5 Å². The van der Waals surface area contributed by atoms with Gasteiger partial charge in [-0.3, -0.25) is 14.5 Å². The summed E-state index contributed by atoms with van der Waals surface area (Å²) in [6, 6.07) is -1.18. The number of amides is 1. The van der Waals surface area contributed by atoms with E-state index in [1.54, 1.807) is 7.11 Å². The molecule has 3 heterocycles. The van der Waals surface area contributed by atoms with Gasteiger partial charge in [0.15, 0.2) is 6.10 Å². The number of carbonyl (C=O) groups excluding carboxylic acids is 3. The van der Waals surface area contributed by atoms with Crippen molar-refractivity contribution in [2.75, 3.05) is 27.3 Å². The van der Waals surface area contributed by atoms with Gasteiger partial charge in [-0.2, -0.15) is 0 Å². The minimum Gasteiger partial charge on any atom is -0.467 e. The minimum atomic E-state index is -2.28. The van der Waals surface area contributed by atoms with E-state index in [1.807, 2.05) is 25.2 Å². The van der Waals surface area contributed by atoms with Crippen LogP contribution in [0, 0.1) is 10.8 Å². The maximum absolute atomic E-state index is 13.5. The zero-order chi connectivity index (χ0) is 24.5. The van der Waals surface area contributed by atoms with Crippen LogP contribution in [0.1, 0.15) is 33.1 Å². The predicted octanol–water partition coefficient (Wildman–Crippen LogP) is 0.932. The monoisotopic (exact) mass is 472 g/mol. The first-order chi connectivity index (χ1) is 16.3. The topological polar surface area (TPSA) is 106 Å². The first-order valence-corrected chi connectivity index (χ1v) is 11.8. The molecule has 9 heteroatoms. The second-order valence-electron chi connectivity index (χ2n) is 9.96. The molecule has 5 aliphatic rings. The molecule has 0 aromatic heterocycles. The van der Waals surface area contributed by atoms with Gasteiger partial charge in [-0.15, -0.1) is 0 Å². The summed E-state index contributed by atoms with van der Waals surface area (Å²) < 4.78 is 16.5. The summed E-state index contributed by atoms with van der Waals surface area (Å²) in [5.41, 5.74) is -2.30. The molecular weight excluding hydrogens is 440 g/mol. The Morgan fingerprint density at radius 2 is 2.06 bits per heavy atom. The van der Waals surface area contributed by atoms with Gasteiger partial charge in [0, 0.05) is 43.1 Å². The van der Waals surface area contributed by atoms with Crippen LogP contribution in [0.5, 0.6) is 0 Å². The molecule has 5 rings (SSSR count). The Kier molecular flexibility index (Phi) is 5.31. The third kappa shape index (κ3) is 2.58. The molecule has 0 bridgehead atoms. The van der Waals surface area contributed by atoms with E-state index < -0.39 is 40.5 Å². The summed E-state index contributed by atoms with van der Waals surface area (Å²) in [5.74, 6) is -1.52. The van der Waals surface area contributed by atoms with E-state index in [9.17, 15) is 19.5 Å². The molecule has 1 spiro atoms. The Bertz CT molecular complexity index is 1020. The van der Waals surface area contributed by atoms with Crippen molar-refractivity contribution in [3.63, 3.8) is 0 Å². The lowest BCUT2D eigenvalue weighted by atomic mass is 9.47. The summed E-state index contributed by atoms with van der Waals surface area (Å²) in [7, 11) is 2.81. The molecule has 0 aromatic carbocycles. The summed E-state index contributed by atoms with van der Waals surface area (Å²) in [6.45, 7) is 4.68. The van der Waals surface area contributed by atoms with Crippen LogP contribution in [0.2, 0.25) is 0 Å². The number of likely N-dealkylation sites (tertiary alicyclic amines) is 1. The summed E-state index contributed by atoms with van der Waals surface area (Å²) in [6.07, 6.45) is 8.99. The zero-order valence-corrected chi connectivity index (χ0v) is 20.0. The summed E-state index contributed by atoms with van der Waals surface area (Å²) in [4.78, 5) is 42.3. The fourth-order valence-electron chi connectivity index (χ4n) is 7.78. The van der Waals surface area contributed by atoms with E-state index >= 15 is 0 Å². The Morgan fingerprint density at radius 3 is 2.68 bits per heavy atom. The molecule has 9 nitrogen and oxygen atoms in total. The van der Waals surface area contributed by atoms with E-state index in [4.69, 9.17) is 14.2 Å². The van der Waals surface area contributed by atoms with E-state index in [1.165, 1.54) is 18.9 Å². The average Bonchev–Trinajstić information content (AvgIpc) is 3.37. The maximum Gasteiger partial charge on any atom is 0.344 e. The molecule has 2 aliphatic carbocycles. The van der Waals surface area contributed by atoms with Gasteiger partial charge in [0.25, 0.3) is 0 Å². The highest BCUT2D eigenvalue weighted by atomic mass is 16.6. The third-order valence-corrected chi connectivity index (χ3v) is 8.79. The minimum absolute atomic E-state index is 0.187. The number of ether oxygens (including phenoxy) is 3. The van der Waals surface area contributed by atoms with Gasteiger partial charge in [-0.25, -0.2) is 4.79 Å². The molecule has 1 amide bonds. The average molecular weight is 473 g/mol. The zero-order valence-electron chi connectivity index (χ0n) is 20.0. The fraction of sp³-hybridized carbons (Fsp3) is 0.640. The van der Waals surface area contributed by atoms with Crippen molar-refractivity contribution < 1.29 is 33.7 Å². The first-order valence-electron chi connectivity index (χ1n) is 11.8. The molecule has 1 saturated carbocycles. The Labute approximate surface area is 199 Å². The standard InChI is InChI=1S/C25H32N2O7/c1-5-23-9-6-11-26-12-10-24(19(23)26)17-8-7-16(32-3)13-18(17)27(14-28)20(24)25(31,22(30)33-4)21(23)34-15(2)29/h6,8-9,13-14,16,19-21,31H,5,7,10-12H2,1-4H3/t16?,19?,20?,21-,23-,24-,25+/m1/s1. The van der Waals surface area contributed by atoms with Crippen LogP contribution in [0.25, 0.3) is 0 Å². The Hall–Kier alpha value is -2.49. The van der Waals surface area contributed by atoms with Gasteiger partial charge in [-0.1, -0.05) is 25.2 Å². The highest BCUT2D eigenvalue weighted by Crippen LogP contribution is 2.69. The Balaban J connectivity index is 1.86. The molecule has 3 aliphatic heterocycles. The fourth-order valence-corrected chi connectivity index (χ4v) is 7.78. The van der Waals surface area contributed by atoms with E-state index in [0.29, 0.717) is 37.9 Å². The number of nitrogens with zero attached hydrogens (tertiary/aromatic N) is 2. The maximum atomic E-state index is 13.5. The predicted molar refractivity (Wildman–Crippen MR) is 120 cm³/mol. The molecule has 3 unspecified atom stereocenters. The molecule has 184 valence electrons. The molecule has 0 aromatic rings. The van der Waals surface area contributed by atoms with Gasteiger partial charge in [0.05, 0.1) is 19.3 Å². The van der Waals surface area contributed by atoms with Crippen molar-refractivity contribution >= 4 is 18.3 Å². The molecule has 1 N–H and O–H groups in total. The molecule has 34 heavy (non-hydrogen) atoms. The van der Waals surface area contributed by atoms with Gasteiger partial charge in [0.1, 0.15) is 0 Å². The number of fused-ring (bicyclic) bond motifs is 1. The highest BCUT2D eigenvalue weighted by Gasteiger charge is 2.81. The van der Waals surface area contributed by atoms with Crippen molar-refractivity contribution in [1.82, 2.24) is 9.80 Å². The number of aliphatic hydroxyl groups is 1.